The molecule has 0 bridgehead atoms. The van der Waals surface area contributed by atoms with Gasteiger partial charge in [0.05, 0.1) is 25.5 Å². The maximum atomic E-state index is 12.6. The lowest BCUT2D eigenvalue weighted by atomic mass is 10.1. The molecule has 0 unspecified atom stereocenters. The molecule has 9 nitrogen and oxygen atoms in total. The van der Waals surface area contributed by atoms with E-state index in [0.717, 1.165) is 16.8 Å². The average Bonchev–Trinajstić information content (AvgIpc) is 3.39. The Morgan fingerprint density at radius 1 is 1.03 bits per heavy atom. The highest BCUT2D eigenvalue weighted by atomic mass is 32.2. The first-order valence-electron chi connectivity index (χ1n) is 10.5. The predicted molar refractivity (Wildman–Crippen MR) is 132 cm³/mol. The van der Waals surface area contributed by atoms with E-state index in [4.69, 9.17) is 9.47 Å². The van der Waals surface area contributed by atoms with Crippen LogP contribution in [0, 0.1) is 6.92 Å². The van der Waals surface area contributed by atoms with Gasteiger partial charge in [0.15, 0.2) is 11.0 Å². The molecule has 0 aliphatic heterocycles. The first-order chi connectivity index (χ1) is 16.4. The summed E-state index contributed by atoms with van der Waals surface area (Å²) in [7, 11) is 6.89. The number of nitrogens with zero attached hydrogens (tertiary/aromatic N) is 5. The number of ether oxygens (including phenoxy) is 2. The van der Waals surface area contributed by atoms with Crippen molar-refractivity contribution in [1.29, 1.82) is 0 Å². The molecule has 0 saturated heterocycles. The van der Waals surface area contributed by atoms with E-state index in [-0.39, 0.29) is 11.7 Å². The fourth-order valence-corrected chi connectivity index (χ4v) is 4.17. The van der Waals surface area contributed by atoms with E-state index >= 15 is 0 Å². The van der Waals surface area contributed by atoms with Crippen molar-refractivity contribution in [3.05, 3.63) is 54.2 Å². The van der Waals surface area contributed by atoms with Gasteiger partial charge in [-0.3, -0.25) is 9.48 Å². The van der Waals surface area contributed by atoms with Crippen LogP contribution in [0.3, 0.4) is 0 Å². The molecule has 2 aromatic heterocycles. The molecule has 2 heterocycles. The summed E-state index contributed by atoms with van der Waals surface area (Å²) in [6.45, 7) is 2.05. The van der Waals surface area contributed by atoms with E-state index in [1.807, 2.05) is 37.0 Å². The number of hydrogen-bond acceptors (Lipinski definition) is 7. The predicted octanol–water partition coefficient (Wildman–Crippen LogP) is 3.94. The minimum atomic E-state index is -0.174. The van der Waals surface area contributed by atoms with Crippen LogP contribution in [-0.2, 0) is 18.9 Å². The molecular weight excluding hydrogens is 452 g/mol. The lowest BCUT2D eigenvalue weighted by Crippen LogP contribution is -2.14. The van der Waals surface area contributed by atoms with E-state index in [9.17, 15) is 4.79 Å². The molecule has 4 aromatic rings. The molecule has 34 heavy (non-hydrogen) atoms. The maximum Gasteiger partial charge on any atom is 0.234 e. The molecule has 10 heteroatoms. The molecule has 0 saturated carbocycles. The summed E-state index contributed by atoms with van der Waals surface area (Å²) in [5.74, 6) is 1.88. The Bertz CT molecular complexity index is 1290. The summed E-state index contributed by atoms with van der Waals surface area (Å²) in [6, 6.07) is 13.4. The van der Waals surface area contributed by atoms with Crippen molar-refractivity contribution < 1.29 is 14.3 Å². The van der Waals surface area contributed by atoms with Gasteiger partial charge in [-0.05, 0) is 6.92 Å². The summed E-state index contributed by atoms with van der Waals surface area (Å²) in [5, 5.41) is 16.8. The maximum absolute atomic E-state index is 12.6. The highest BCUT2D eigenvalue weighted by Gasteiger charge is 2.19. The van der Waals surface area contributed by atoms with Crippen LogP contribution in [0.15, 0.2) is 53.8 Å². The van der Waals surface area contributed by atoms with Crippen molar-refractivity contribution in [3.8, 4) is 34.1 Å². The normalized spacial score (nSPS) is 10.9. The molecule has 1 N–H and O–H groups in total. The van der Waals surface area contributed by atoms with Crippen LogP contribution >= 0.6 is 11.8 Å². The summed E-state index contributed by atoms with van der Waals surface area (Å²) < 4.78 is 14.1. The number of aromatic nitrogens is 5. The van der Waals surface area contributed by atoms with Gasteiger partial charge in [0, 0.05) is 49.7 Å². The standard InChI is InChI=1S/C24H26N6O3S/c1-15-6-8-16(9-7-15)22-20(13-29(2)28-22)23-26-27-24(30(23)3)34-14-21(31)25-17-10-18(32-4)12-19(11-17)33-5/h6-13H,14H2,1-5H3,(H,25,31). The number of carbonyl (C=O) groups is 1. The van der Waals surface area contributed by atoms with Crippen molar-refractivity contribution in [2.24, 2.45) is 14.1 Å². The van der Waals surface area contributed by atoms with Gasteiger partial charge in [-0.15, -0.1) is 10.2 Å². The molecule has 4 rings (SSSR count). The van der Waals surface area contributed by atoms with E-state index in [0.29, 0.717) is 28.2 Å². The van der Waals surface area contributed by atoms with Crippen LogP contribution in [0.5, 0.6) is 11.5 Å². The minimum absolute atomic E-state index is 0.170. The number of hydrogen-bond donors (Lipinski definition) is 1. The number of thioether (sulfide) groups is 1. The lowest BCUT2D eigenvalue weighted by Gasteiger charge is -2.10. The first-order valence-corrected chi connectivity index (χ1v) is 11.5. The van der Waals surface area contributed by atoms with Gasteiger partial charge in [0.25, 0.3) is 0 Å². The van der Waals surface area contributed by atoms with Crippen LogP contribution in [0.4, 0.5) is 5.69 Å². The molecule has 176 valence electrons. The second-order valence-electron chi connectivity index (χ2n) is 7.73. The number of aryl methyl sites for hydroxylation is 2. The molecule has 1 amide bonds. The van der Waals surface area contributed by atoms with Gasteiger partial charge in [-0.1, -0.05) is 41.6 Å². The first kappa shape index (κ1) is 23.4. The lowest BCUT2D eigenvalue weighted by molar-refractivity contribution is -0.113. The number of amides is 1. The Kier molecular flexibility index (Phi) is 6.87. The Labute approximate surface area is 202 Å². The van der Waals surface area contributed by atoms with Gasteiger partial charge >= 0.3 is 0 Å². The highest BCUT2D eigenvalue weighted by Crippen LogP contribution is 2.31. The van der Waals surface area contributed by atoms with E-state index in [1.54, 1.807) is 37.1 Å². The zero-order valence-corrected chi connectivity index (χ0v) is 20.5. The number of nitrogens with one attached hydrogen (secondary N) is 1. The molecule has 0 spiro atoms. The largest absolute Gasteiger partial charge is 0.497 e. The molecular formula is C24H26N6O3S. The van der Waals surface area contributed by atoms with Crippen molar-refractivity contribution in [2.75, 3.05) is 25.3 Å². The second-order valence-corrected chi connectivity index (χ2v) is 8.68. The summed E-state index contributed by atoms with van der Waals surface area (Å²) >= 11 is 1.31. The zero-order chi connectivity index (χ0) is 24.2. The van der Waals surface area contributed by atoms with Crippen LogP contribution in [-0.4, -0.2) is 50.4 Å². The quantitative estimate of drug-likeness (QED) is 0.383. The zero-order valence-electron chi connectivity index (χ0n) is 19.7. The third-order valence-electron chi connectivity index (χ3n) is 5.20. The topological polar surface area (TPSA) is 96.1 Å². The number of methoxy groups -OCH3 is 2. The average molecular weight is 479 g/mol. The summed E-state index contributed by atoms with van der Waals surface area (Å²) in [4.78, 5) is 12.6. The molecule has 0 fully saturated rings. The monoisotopic (exact) mass is 478 g/mol. The van der Waals surface area contributed by atoms with Crippen molar-refractivity contribution in [2.45, 2.75) is 12.1 Å². The molecule has 2 aromatic carbocycles. The van der Waals surface area contributed by atoms with Crippen molar-refractivity contribution in [3.63, 3.8) is 0 Å². The molecule has 0 aliphatic rings. The van der Waals surface area contributed by atoms with Crippen molar-refractivity contribution >= 4 is 23.4 Å². The van der Waals surface area contributed by atoms with Gasteiger partial charge in [0.1, 0.15) is 17.2 Å². The minimum Gasteiger partial charge on any atom is -0.497 e. The van der Waals surface area contributed by atoms with Crippen LogP contribution in [0.25, 0.3) is 22.6 Å². The second kappa shape index (κ2) is 10.0. The van der Waals surface area contributed by atoms with E-state index in [2.05, 4.69) is 39.7 Å². The smallest absolute Gasteiger partial charge is 0.234 e. The Balaban J connectivity index is 1.49. The highest BCUT2D eigenvalue weighted by molar-refractivity contribution is 7.99. The Hall–Kier alpha value is -3.79. The van der Waals surface area contributed by atoms with Gasteiger partial charge < -0.3 is 19.4 Å². The summed E-state index contributed by atoms with van der Waals surface area (Å²) in [6.07, 6.45) is 1.93. The van der Waals surface area contributed by atoms with Crippen molar-refractivity contribution in [1.82, 2.24) is 24.5 Å². The number of benzene rings is 2. The molecule has 0 atom stereocenters. The van der Waals surface area contributed by atoms with Crippen LogP contribution in [0.2, 0.25) is 0 Å². The van der Waals surface area contributed by atoms with Crippen LogP contribution in [0.1, 0.15) is 5.56 Å². The molecule has 0 aliphatic carbocycles. The third kappa shape index (κ3) is 5.07. The van der Waals surface area contributed by atoms with Crippen LogP contribution < -0.4 is 14.8 Å². The summed E-state index contributed by atoms with van der Waals surface area (Å²) in [5.41, 5.74) is 4.50. The number of anilines is 1. The van der Waals surface area contributed by atoms with Gasteiger partial charge in [-0.25, -0.2) is 0 Å². The molecule has 0 radical (unpaired) electrons. The van der Waals surface area contributed by atoms with E-state index < -0.39 is 0 Å². The SMILES string of the molecule is COc1cc(NC(=O)CSc2nnc(-c3cn(C)nc3-c3ccc(C)cc3)n2C)cc(OC)c1. The Morgan fingerprint density at radius 2 is 1.71 bits per heavy atom. The fourth-order valence-electron chi connectivity index (χ4n) is 3.46. The van der Waals surface area contributed by atoms with Gasteiger partial charge in [0.2, 0.25) is 5.91 Å². The van der Waals surface area contributed by atoms with Gasteiger partial charge in [-0.2, -0.15) is 5.10 Å². The van der Waals surface area contributed by atoms with E-state index in [1.165, 1.54) is 17.3 Å². The third-order valence-corrected chi connectivity index (χ3v) is 6.22. The fraction of sp³-hybridized carbons (Fsp3) is 0.250. The number of rotatable bonds is 8. The number of carbonyl (C=O) groups excluding carboxylic acids is 1. The Morgan fingerprint density at radius 3 is 2.35 bits per heavy atom.